The van der Waals surface area contributed by atoms with Gasteiger partial charge in [0.1, 0.15) is 10.8 Å². The number of hydrogen-bond acceptors (Lipinski definition) is 3. The van der Waals surface area contributed by atoms with E-state index in [-0.39, 0.29) is 5.82 Å². The van der Waals surface area contributed by atoms with Gasteiger partial charge in [0.15, 0.2) is 0 Å². The molecule has 2 aromatic rings. The number of rotatable bonds is 4. The molecule has 1 heterocycles. The molecule has 0 aliphatic heterocycles. The van der Waals surface area contributed by atoms with Crippen LogP contribution in [-0.2, 0) is 6.54 Å². The van der Waals surface area contributed by atoms with Crippen molar-refractivity contribution in [2.45, 2.75) is 13.5 Å². The molecular weight excluding hydrogens is 303 g/mol. The molecule has 90 valence electrons. The summed E-state index contributed by atoms with van der Waals surface area (Å²) in [6, 6.07) is 5.07. The first kappa shape index (κ1) is 12.7. The van der Waals surface area contributed by atoms with Crippen molar-refractivity contribution in [1.82, 2.24) is 10.3 Å². The Balaban J connectivity index is 2.21. The fourth-order valence-corrected chi connectivity index (χ4v) is 2.47. The highest BCUT2D eigenvalue weighted by Gasteiger charge is 2.07. The maximum Gasteiger partial charge on any atom is 0.138 e. The van der Waals surface area contributed by atoms with Crippen LogP contribution in [0.15, 0.2) is 28.1 Å². The second kappa shape index (κ2) is 5.71. The van der Waals surface area contributed by atoms with Gasteiger partial charge in [-0.05, 0) is 34.6 Å². The van der Waals surface area contributed by atoms with Gasteiger partial charge in [0.05, 0.1) is 10.2 Å². The maximum absolute atomic E-state index is 13.4. The first-order valence-corrected chi connectivity index (χ1v) is 6.98. The highest BCUT2D eigenvalue weighted by atomic mass is 79.9. The van der Waals surface area contributed by atoms with Crippen LogP contribution >= 0.6 is 27.3 Å². The van der Waals surface area contributed by atoms with Crippen molar-refractivity contribution in [2.24, 2.45) is 0 Å². The van der Waals surface area contributed by atoms with Crippen LogP contribution in [-0.4, -0.2) is 11.5 Å². The van der Waals surface area contributed by atoms with Crippen LogP contribution in [0.5, 0.6) is 0 Å². The van der Waals surface area contributed by atoms with Gasteiger partial charge in [0.2, 0.25) is 0 Å². The zero-order valence-electron chi connectivity index (χ0n) is 9.34. The summed E-state index contributed by atoms with van der Waals surface area (Å²) in [5, 5.41) is 6.06. The number of thiazole rings is 1. The molecule has 0 aliphatic carbocycles. The number of nitrogens with one attached hydrogen (secondary N) is 1. The smallest absolute Gasteiger partial charge is 0.138 e. The van der Waals surface area contributed by atoms with E-state index in [9.17, 15) is 4.39 Å². The van der Waals surface area contributed by atoms with Gasteiger partial charge in [-0.2, -0.15) is 0 Å². The molecular formula is C12H12BrFN2S. The third kappa shape index (κ3) is 3.12. The van der Waals surface area contributed by atoms with E-state index in [2.05, 4.69) is 33.2 Å². The van der Waals surface area contributed by atoms with E-state index in [4.69, 9.17) is 0 Å². The van der Waals surface area contributed by atoms with Gasteiger partial charge in [-0.15, -0.1) is 11.3 Å². The van der Waals surface area contributed by atoms with Crippen LogP contribution < -0.4 is 5.32 Å². The van der Waals surface area contributed by atoms with Gasteiger partial charge in [0.25, 0.3) is 0 Å². The molecule has 1 aromatic carbocycles. The lowest BCUT2D eigenvalue weighted by Gasteiger charge is -1.99. The summed E-state index contributed by atoms with van der Waals surface area (Å²) in [5.41, 5.74) is 1.81. The van der Waals surface area contributed by atoms with E-state index in [1.165, 1.54) is 17.4 Å². The summed E-state index contributed by atoms with van der Waals surface area (Å²) in [7, 11) is 0. The standard InChI is InChI=1S/C12H12BrFN2S/c1-2-15-6-9-7-17-12(16-9)8-3-4-10(13)11(14)5-8/h3-5,7,15H,2,6H2,1H3. The van der Waals surface area contributed by atoms with E-state index < -0.39 is 0 Å². The molecule has 0 bridgehead atoms. The summed E-state index contributed by atoms with van der Waals surface area (Å²) < 4.78 is 13.9. The zero-order chi connectivity index (χ0) is 12.3. The van der Waals surface area contributed by atoms with Crippen LogP contribution in [0, 0.1) is 5.82 Å². The minimum atomic E-state index is -0.258. The molecule has 0 aliphatic rings. The normalized spacial score (nSPS) is 10.8. The monoisotopic (exact) mass is 314 g/mol. The molecule has 0 fully saturated rings. The molecule has 0 unspecified atom stereocenters. The Morgan fingerprint density at radius 3 is 3.00 bits per heavy atom. The molecule has 17 heavy (non-hydrogen) atoms. The quantitative estimate of drug-likeness (QED) is 0.928. The summed E-state index contributed by atoms with van der Waals surface area (Å²) >= 11 is 4.67. The Bertz CT molecular complexity index is 513. The lowest BCUT2D eigenvalue weighted by atomic mass is 10.2. The van der Waals surface area contributed by atoms with Crippen molar-refractivity contribution in [1.29, 1.82) is 0 Å². The summed E-state index contributed by atoms with van der Waals surface area (Å²) in [5.74, 6) is -0.258. The minimum absolute atomic E-state index is 0.258. The third-order valence-corrected chi connectivity index (χ3v) is 3.86. The summed E-state index contributed by atoms with van der Waals surface area (Å²) in [6.45, 7) is 3.73. The van der Waals surface area contributed by atoms with Gasteiger partial charge >= 0.3 is 0 Å². The van der Waals surface area contributed by atoms with E-state index in [1.54, 1.807) is 6.07 Å². The van der Waals surface area contributed by atoms with Gasteiger partial charge in [0, 0.05) is 17.5 Å². The largest absolute Gasteiger partial charge is 0.311 e. The van der Waals surface area contributed by atoms with E-state index in [1.807, 2.05) is 11.4 Å². The fraction of sp³-hybridized carbons (Fsp3) is 0.250. The van der Waals surface area contributed by atoms with E-state index in [0.29, 0.717) is 4.47 Å². The van der Waals surface area contributed by atoms with Gasteiger partial charge in [-0.3, -0.25) is 0 Å². The number of benzene rings is 1. The van der Waals surface area contributed by atoms with Crippen molar-refractivity contribution in [3.63, 3.8) is 0 Å². The SMILES string of the molecule is CCNCc1csc(-c2ccc(Br)c(F)c2)n1. The fourth-order valence-electron chi connectivity index (χ4n) is 1.40. The van der Waals surface area contributed by atoms with Gasteiger partial charge in [-0.1, -0.05) is 13.0 Å². The topological polar surface area (TPSA) is 24.9 Å². The van der Waals surface area contributed by atoms with Gasteiger partial charge in [-0.25, -0.2) is 9.37 Å². The predicted molar refractivity (Wildman–Crippen MR) is 72.6 cm³/mol. The molecule has 0 amide bonds. The minimum Gasteiger partial charge on any atom is -0.311 e. The van der Waals surface area contributed by atoms with E-state index >= 15 is 0 Å². The number of aromatic nitrogens is 1. The Morgan fingerprint density at radius 1 is 1.47 bits per heavy atom. The molecule has 5 heteroatoms. The molecule has 0 saturated carbocycles. The Hall–Kier alpha value is -0.780. The third-order valence-electron chi connectivity index (χ3n) is 2.27. The summed E-state index contributed by atoms with van der Waals surface area (Å²) in [4.78, 5) is 4.46. The van der Waals surface area contributed by atoms with Crippen LogP contribution in [0.2, 0.25) is 0 Å². The van der Waals surface area contributed by atoms with Crippen molar-refractivity contribution in [3.05, 3.63) is 39.6 Å². The zero-order valence-corrected chi connectivity index (χ0v) is 11.7. The highest BCUT2D eigenvalue weighted by molar-refractivity contribution is 9.10. The molecule has 0 saturated heterocycles. The molecule has 0 radical (unpaired) electrons. The number of nitrogens with zero attached hydrogens (tertiary/aromatic N) is 1. The maximum atomic E-state index is 13.4. The van der Waals surface area contributed by atoms with Crippen LogP contribution in [0.4, 0.5) is 4.39 Å². The molecule has 1 aromatic heterocycles. The highest BCUT2D eigenvalue weighted by Crippen LogP contribution is 2.27. The van der Waals surface area contributed by atoms with Gasteiger partial charge < -0.3 is 5.32 Å². The molecule has 2 rings (SSSR count). The van der Waals surface area contributed by atoms with Crippen molar-refractivity contribution >= 4 is 27.3 Å². The van der Waals surface area contributed by atoms with Crippen LogP contribution in [0.25, 0.3) is 10.6 Å². The Labute approximate surface area is 112 Å². The van der Waals surface area contributed by atoms with E-state index in [0.717, 1.165) is 29.4 Å². The predicted octanol–water partition coefficient (Wildman–Crippen LogP) is 3.82. The number of hydrogen-bond donors (Lipinski definition) is 1. The molecule has 2 nitrogen and oxygen atoms in total. The lowest BCUT2D eigenvalue weighted by molar-refractivity contribution is 0.621. The second-order valence-electron chi connectivity index (χ2n) is 3.55. The van der Waals surface area contributed by atoms with Crippen molar-refractivity contribution in [3.8, 4) is 10.6 Å². The Morgan fingerprint density at radius 2 is 2.29 bits per heavy atom. The average Bonchev–Trinajstić information content (AvgIpc) is 2.79. The molecule has 1 N–H and O–H groups in total. The van der Waals surface area contributed by atoms with Crippen molar-refractivity contribution in [2.75, 3.05) is 6.54 Å². The first-order valence-electron chi connectivity index (χ1n) is 5.31. The van der Waals surface area contributed by atoms with Crippen LogP contribution in [0.3, 0.4) is 0 Å². The first-order chi connectivity index (χ1) is 8.20. The number of halogens is 2. The molecule has 0 spiro atoms. The molecule has 0 atom stereocenters. The van der Waals surface area contributed by atoms with Crippen molar-refractivity contribution < 1.29 is 4.39 Å². The average molecular weight is 315 g/mol. The second-order valence-corrected chi connectivity index (χ2v) is 5.27. The van der Waals surface area contributed by atoms with Crippen LogP contribution in [0.1, 0.15) is 12.6 Å². The summed E-state index contributed by atoms with van der Waals surface area (Å²) in [6.07, 6.45) is 0. The Kier molecular flexibility index (Phi) is 4.25. The lowest BCUT2D eigenvalue weighted by Crippen LogP contribution is -2.11.